The van der Waals surface area contributed by atoms with Crippen LogP contribution in [0.15, 0.2) is 12.1 Å². The zero-order valence-corrected chi connectivity index (χ0v) is 8.27. The van der Waals surface area contributed by atoms with E-state index in [9.17, 15) is 0 Å². The van der Waals surface area contributed by atoms with Gasteiger partial charge in [0.05, 0.1) is 7.11 Å². The van der Waals surface area contributed by atoms with Crippen molar-refractivity contribution in [3.8, 4) is 5.75 Å². The molecule has 0 saturated heterocycles. The van der Waals surface area contributed by atoms with Crippen molar-refractivity contribution in [2.45, 2.75) is 27.2 Å². The third kappa shape index (κ3) is 1.60. The fraction of sp³-hybridized carbons (Fsp3) is 0.455. The molecule has 0 aliphatic rings. The number of aryl methyl sites for hydroxylation is 2. The summed E-state index contributed by atoms with van der Waals surface area (Å²) in [5, 5.41) is 0. The summed E-state index contributed by atoms with van der Waals surface area (Å²) in [6.07, 6.45) is 1.07. The molecule has 0 N–H and O–H groups in total. The highest BCUT2D eigenvalue weighted by Crippen LogP contribution is 2.21. The fourth-order valence-electron chi connectivity index (χ4n) is 1.38. The second-order valence-corrected chi connectivity index (χ2v) is 3.08. The molecule has 0 aliphatic heterocycles. The zero-order chi connectivity index (χ0) is 9.14. The first kappa shape index (κ1) is 9.11. The number of methoxy groups -OCH3 is 1. The van der Waals surface area contributed by atoms with Gasteiger partial charge in [0.1, 0.15) is 5.75 Å². The summed E-state index contributed by atoms with van der Waals surface area (Å²) in [6, 6.07) is 4.19. The monoisotopic (exact) mass is 164 g/mol. The van der Waals surface area contributed by atoms with E-state index in [2.05, 4.69) is 32.9 Å². The summed E-state index contributed by atoms with van der Waals surface area (Å²) < 4.78 is 5.19. The van der Waals surface area contributed by atoms with Gasteiger partial charge in [0.15, 0.2) is 0 Å². The van der Waals surface area contributed by atoms with Gasteiger partial charge in [0, 0.05) is 0 Å². The van der Waals surface area contributed by atoms with Gasteiger partial charge in [-0.25, -0.2) is 0 Å². The van der Waals surface area contributed by atoms with E-state index < -0.39 is 0 Å². The van der Waals surface area contributed by atoms with Crippen molar-refractivity contribution >= 4 is 0 Å². The minimum atomic E-state index is 0.968. The summed E-state index contributed by atoms with van der Waals surface area (Å²) in [5.41, 5.74) is 4.08. The summed E-state index contributed by atoms with van der Waals surface area (Å²) in [4.78, 5) is 0. The van der Waals surface area contributed by atoms with Crippen molar-refractivity contribution in [2.75, 3.05) is 7.11 Å². The zero-order valence-electron chi connectivity index (χ0n) is 8.27. The number of benzene rings is 1. The molecule has 1 nitrogen and oxygen atoms in total. The molecule has 0 bridgehead atoms. The SMILES string of the molecule is CCc1cc(OC)cc(C)c1C. The maximum atomic E-state index is 5.19. The second-order valence-electron chi connectivity index (χ2n) is 3.08. The van der Waals surface area contributed by atoms with Crippen LogP contribution in [0.3, 0.4) is 0 Å². The molecule has 0 saturated carbocycles. The van der Waals surface area contributed by atoms with E-state index in [-0.39, 0.29) is 0 Å². The molecule has 0 radical (unpaired) electrons. The molecule has 0 spiro atoms. The van der Waals surface area contributed by atoms with E-state index in [1.807, 2.05) is 0 Å². The van der Waals surface area contributed by atoms with Gasteiger partial charge >= 0.3 is 0 Å². The Bertz CT molecular complexity index is 277. The Morgan fingerprint density at radius 1 is 1.25 bits per heavy atom. The predicted molar refractivity (Wildman–Crippen MR) is 51.8 cm³/mol. The van der Waals surface area contributed by atoms with Gasteiger partial charge in [0.2, 0.25) is 0 Å². The van der Waals surface area contributed by atoms with Crippen molar-refractivity contribution in [3.05, 3.63) is 28.8 Å². The number of ether oxygens (including phenoxy) is 1. The predicted octanol–water partition coefficient (Wildman–Crippen LogP) is 2.87. The van der Waals surface area contributed by atoms with Gasteiger partial charge in [-0.05, 0) is 49.1 Å². The van der Waals surface area contributed by atoms with Crippen molar-refractivity contribution in [1.82, 2.24) is 0 Å². The first-order valence-corrected chi connectivity index (χ1v) is 4.33. The molecule has 1 heteroatoms. The maximum absolute atomic E-state index is 5.19. The standard InChI is InChI=1S/C11H16O/c1-5-10-7-11(12-4)6-8(2)9(10)3/h6-7H,5H2,1-4H3. The number of rotatable bonds is 2. The molecule has 0 atom stereocenters. The third-order valence-electron chi connectivity index (χ3n) is 2.37. The molecule has 0 fully saturated rings. The van der Waals surface area contributed by atoms with Crippen LogP contribution in [0.25, 0.3) is 0 Å². The van der Waals surface area contributed by atoms with Crippen LogP contribution in [0.4, 0.5) is 0 Å². The summed E-state index contributed by atoms with van der Waals surface area (Å²) >= 11 is 0. The Labute approximate surface area is 74.4 Å². The van der Waals surface area contributed by atoms with Gasteiger partial charge in [-0.1, -0.05) is 6.92 Å². The van der Waals surface area contributed by atoms with Crippen LogP contribution in [-0.4, -0.2) is 7.11 Å². The number of hydrogen-bond acceptors (Lipinski definition) is 1. The molecule has 0 unspecified atom stereocenters. The summed E-state index contributed by atoms with van der Waals surface area (Å²) in [5.74, 6) is 0.968. The molecule has 0 amide bonds. The minimum absolute atomic E-state index is 0.968. The maximum Gasteiger partial charge on any atom is 0.119 e. The van der Waals surface area contributed by atoms with Crippen molar-refractivity contribution < 1.29 is 4.74 Å². The van der Waals surface area contributed by atoms with Gasteiger partial charge in [-0.15, -0.1) is 0 Å². The highest BCUT2D eigenvalue weighted by molar-refractivity contribution is 5.40. The molecule has 0 aliphatic carbocycles. The van der Waals surface area contributed by atoms with Crippen LogP contribution < -0.4 is 4.74 Å². The summed E-state index contributed by atoms with van der Waals surface area (Å²) in [6.45, 7) is 6.45. The first-order chi connectivity index (χ1) is 5.69. The van der Waals surface area contributed by atoms with Gasteiger partial charge in [-0.3, -0.25) is 0 Å². The van der Waals surface area contributed by atoms with Crippen LogP contribution in [-0.2, 0) is 6.42 Å². The highest BCUT2D eigenvalue weighted by atomic mass is 16.5. The second kappa shape index (κ2) is 3.61. The first-order valence-electron chi connectivity index (χ1n) is 4.33. The molecule has 12 heavy (non-hydrogen) atoms. The lowest BCUT2D eigenvalue weighted by Gasteiger charge is -2.09. The molecule has 1 aromatic carbocycles. The minimum Gasteiger partial charge on any atom is -0.497 e. The fourth-order valence-corrected chi connectivity index (χ4v) is 1.38. The van der Waals surface area contributed by atoms with Gasteiger partial charge in [-0.2, -0.15) is 0 Å². The Morgan fingerprint density at radius 3 is 2.42 bits per heavy atom. The van der Waals surface area contributed by atoms with E-state index in [1.54, 1.807) is 7.11 Å². The Kier molecular flexibility index (Phi) is 2.74. The van der Waals surface area contributed by atoms with Crippen molar-refractivity contribution in [1.29, 1.82) is 0 Å². The quantitative estimate of drug-likeness (QED) is 0.653. The molecular formula is C11H16O. The van der Waals surface area contributed by atoms with E-state index in [1.165, 1.54) is 16.7 Å². The van der Waals surface area contributed by atoms with Gasteiger partial charge in [0.25, 0.3) is 0 Å². The highest BCUT2D eigenvalue weighted by Gasteiger charge is 2.02. The smallest absolute Gasteiger partial charge is 0.119 e. The van der Waals surface area contributed by atoms with E-state index in [4.69, 9.17) is 4.74 Å². The lowest BCUT2D eigenvalue weighted by atomic mass is 10.0. The topological polar surface area (TPSA) is 9.23 Å². The van der Waals surface area contributed by atoms with Crippen LogP contribution >= 0.6 is 0 Å². The van der Waals surface area contributed by atoms with E-state index in [0.29, 0.717) is 0 Å². The molecule has 66 valence electrons. The third-order valence-corrected chi connectivity index (χ3v) is 2.37. The lowest BCUT2D eigenvalue weighted by Crippen LogP contribution is -1.93. The molecule has 1 rings (SSSR count). The van der Waals surface area contributed by atoms with Crippen LogP contribution in [0.1, 0.15) is 23.6 Å². The van der Waals surface area contributed by atoms with Crippen molar-refractivity contribution in [3.63, 3.8) is 0 Å². The van der Waals surface area contributed by atoms with E-state index in [0.717, 1.165) is 12.2 Å². The Balaban J connectivity index is 3.19. The summed E-state index contributed by atoms with van der Waals surface area (Å²) in [7, 11) is 1.71. The Hall–Kier alpha value is -0.980. The average Bonchev–Trinajstić information content (AvgIpc) is 2.09. The van der Waals surface area contributed by atoms with E-state index >= 15 is 0 Å². The lowest BCUT2D eigenvalue weighted by molar-refractivity contribution is 0.414. The average molecular weight is 164 g/mol. The largest absolute Gasteiger partial charge is 0.497 e. The van der Waals surface area contributed by atoms with Crippen molar-refractivity contribution in [2.24, 2.45) is 0 Å². The molecule has 1 aromatic rings. The van der Waals surface area contributed by atoms with Gasteiger partial charge < -0.3 is 4.74 Å². The number of hydrogen-bond donors (Lipinski definition) is 0. The Morgan fingerprint density at radius 2 is 1.92 bits per heavy atom. The molecule has 0 heterocycles. The normalized spacial score (nSPS) is 10.0. The van der Waals surface area contributed by atoms with Crippen LogP contribution in [0.5, 0.6) is 5.75 Å². The molecular weight excluding hydrogens is 148 g/mol. The van der Waals surface area contributed by atoms with Crippen LogP contribution in [0, 0.1) is 13.8 Å². The van der Waals surface area contributed by atoms with Crippen LogP contribution in [0.2, 0.25) is 0 Å². The molecule has 0 aromatic heterocycles.